The smallest absolute Gasteiger partial charge is 0.222 e. The molecule has 0 aromatic carbocycles. The number of carbonyl (C=O) groups excluding carboxylic acids is 6. The first-order valence-corrected chi connectivity index (χ1v) is 12.0. The Bertz CT molecular complexity index is 625. The fourth-order valence-electron chi connectivity index (χ4n) is 2.66. The Morgan fingerprint density at radius 1 is 0.537 bits per heavy atom. The number of ether oxygens (including phenoxy) is 3. The number of hydrogen-bond donors (Lipinski definition) is 7. The van der Waals surface area contributed by atoms with Gasteiger partial charge in [0, 0.05) is 58.5 Å². The fraction of sp³-hybridized carbons (Fsp3) is 0.727. The van der Waals surface area contributed by atoms with Crippen LogP contribution in [0.15, 0.2) is 0 Å². The molecule has 0 saturated heterocycles. The third kappa shape index (κ3) is 26.5. The molecule has 254 valence electrons. The fourth-order valence-corrected chi connectivity index (χ4v) is 2.66. The minimum Gasteiger partial charge on any atom is -0.528 e. The van der Waals surface area contributed by atoms with Crippen LogP contribution in [0.1, 0.15) is 19.3 Å². The van der Waals surface area contributed by atoms with Crippen LogP contribution in [0, 0.1) is 0 Å². The van der Waals surface area contributed by atoms with Gasteiger partial charge in [0.05, 0.1) is 45.2 Å². The van der Waals surface area contributed by atoms with E-state index in [0.29, 0.717) is 0 Å². The summed E-state index contributed by atoms with van der Waals surface area (Å²) in [4.78, 5) is 65.6. The van der Waals surface area contributed by atoms with Crippen LogP contribution in [0.2, 0.25) is 0 Å². The summed E-state index contributed by atoms with van der Waals surface area (Å²) < 4.78 is 16.6. The molecule has 0 saturated carbocycles. The Hall–Kier alpha value is -6.34. The van der Waals surface area contributed by atoms with Gasteiger partial charge in [-0.25, -0.2) is 0 Å². The van der Waals surface area contributed by atoms with Crippen LogP contribution < -0.4 is 37.6 Å². The molecule has 0 spiro atoms. The molecule has 0 aliphatic heterocycles. The molecule has 0 heterocycles. The zero-order chi connectivity index (χ0) is 28.3. The first kappa shape index (κ1) is 41.8. The number of nitrogens with two attached hydrogens (primary N) is 1. The average Bonchev–Trinajstić information content (AvgIpc) is 2.90. The van der Waals surface area contributed by atoms with Gasteiger partial charge in [0.15, 0.2) is 0 Å². The van der Waals surface area contributed by atoms with Crippen LogP contribution in [0.25, 0.3) is 0 Å². The van der Waals surface area contributed by atoms with E-state index in [2.05, 4.69) is 31.9 Å². The zero-order valence-electron chi connectivity index (χ0n) is 22.2. The largest absolute Gasteiger partial charge is 0.528 e. The van der Waals surface area contributed by atoms with Crippen molar-refractivity contribution in [2.24, 2.45) is 5.73 Å². The Morgan fingerprint density at radius 2 is 0.805 bits per heavy atom. The molecule has 0 rings (SSSR count). The van der Waals surface area contributed by atoms with Crippen LogP contribution in [0.3, 0.4) is 0 Å². The maximum absolute atomic E-state index is 11.8. The molecule has 0 aliphatic carbocycles. The van der Waals surface area contributed by atoms with Gasteiger partial charge in [0.25, 0.3) is 0 Å². The minimum atomic E-state index is -1.12. The summed E-state index contributed by atoms with van der Waals surface area (Å²) in [5.74, 6) is -0.813. The van der Waals surface area contributed by atoms with Gasteiger partial charge < -0.3 is 66.2 Å². The molecule has 41 heavy (non-hydrogen) atoms. The number of carbonyl (C=O) groups is 3. The Balaban J connectivity index is -0.00000228. The van der Waals surface area contributed by atoms with Crippen molar-refractivity contribution in [3.63, 3.8) is 0 Å². The molecule has 6 amide bonds. The summed E-state index contributed by atoms with van der Waals surface area (Å²) in [6, 6.07) is 0. The second-order valence-electron chi connectivity index (χ2n) is 7.91. The second kappa shape index (κ2) is 28.2. The molecular weight excluding hydrogens is 1280 g/mol. The molecule has 0 bridgehead atoms. The zero-order valence-corrected chi connectivity index (χ0v) is 29.4. The standard InChI is InChI=1S/C22H38N7O9.3Fm/c23-22(13-36-10-1-19(33)27-7-4-24-16-30,14-37-11-2-20(34)28-8-5-25-17-31)15-38-12-3-21(35)29-9-6-26-18-32;;;/h1-15,23H2,(H,24,30)(H,25,31)(H,26,32)(H,27,33)(H,28,34)(H,29,35);;;/q-3;;;. The van der Waals surface area contributed by atoms with Gasteiger partial charge >= 0.3 is 0 Å². The van der Waals surface area contributed by atoms with E-state index in [0.717, 1.165) is 0 Å². The molecule has 16 nitrogen and oxygen atoms in total. The van der Waals surface area contributed by atoms with Gasteiger partial charge in [-0.3, -0.25) is 14.4 Å². The van der Waals surface area contributed by atoms with E-state index in [4.69, 9.17) is 19.9 Å². The van der Waals surface area contributed by atoms with E-state index in [9.17, 15) is 28.8 Å². The predicted molar refractivity (Wildman–Crippen MR) is 133 cm³/mol. The van der Waals surface area contributed by atoms with Gasteiger partial charge in [0.2, 0.25) is 17.7 Å². The minimum absolute atomic E-state index is 0. The van der Waals surface area contributed by atoms with Crippen molar-refractivity contribution < 1.29 is 43.0 Å². The molecule has 0 atom stereocenters. The van der Waals surface area contributed by atoms with Gasteiger partial charge in [-0.05, 0) is 0 Å². The maximum atomic E-state index is 11.8. The van der Waals surface area contributed by atoms with Crippen LogP contribution in [-0.4, -0.2) is 121 Å². The normalized spacial score (nSPS) is 9.88. The first-order valence-electron chi connectivity index (χ1n) is 12.0. The molecule has 0 aromatic heterocycles. The van der Waals surface area contributed by atoms with Crippen LogP contribution in [-0.2, 0) is 43.0 Å². The van der Waals surface area contributed by atoms with Crippen LogP contribution in [0.4, 0.5) is 0 Å². The van der Waals surface area contributed by atoms with Crippen LogP contribution >= 0.6 is 0 Å². The van der Waals surface area contributed by atoms with Gasteiger partial charge in [-0.2, -0.15) is 19.2 Å². The molecule has 0 fully saturated rings. The summed E-state index contributed by atoms with van der Waals surface area (Å²) in [5.41, 5.74) is 5.25. The predicted octanol–water partition coefficient (Wildman–Crippen LogP) is -4.78. The van der Waals surface area contributed by atoms with Gasteiger partial charge in [0.1, 0.15) is 0 Å². The molecule has 0 unspecified atom stereocenters. The summed E-state index contributed by atoms with van der Waals surface area (Å²) in [6.07, 6.45) is 4.71. The monoisotopic (exact) mass is 1320 g/mol. The topological polar surface area (TPSA) is 228 Å². The molecular formula is C22H38Fm3N7O9-3. The summed E-state index contributed by atoms with van der Waals surface area (Å²) in [6.45, 7) is 1.69. The van der Waals surface area contributed by atoms with Gasteiger partial charge in [-0.15, -0.1) is 0 Å². The average molecular weight is 1320 g/mol. The summed E-state index contributed by atoms with van der Waals surface area (Å²) >= 11 is 0. The molecule has 8 N–H and O–H groups in total. The number of amides is 6. The van der Waals surface area contributed by atoms with Crippen LogP contribution in [0.5, 0.6) is 0 Å². The van der Waals surface area contributed by atoms with Crippen molar-refractivity contribution in [2.45, 2.75) is 24.8 Å². The van der Waals surface area contributed by atoms with E-state index in [1.54, 1.807) is 0 Å². The van der Waals surface area contributed by atoms with E-state index in [1.807, 2.05) is 0 Å². The van der Waals surface area contributed by atoms with Crippen molar-refractivity contribution in [3.8, 4) is 0 Å². The third-order valence-electron chi connectivity index (χ3n) is 4.52. The quantitative estimate of drug-likeness (QED) is 0.0236. The third-order valence-corrected chi connectivity index (χ3v) is 4.52. The van der Waals surface area contributed by atoms with E-state index in [1.165, 1.54) is 19.2 Å². The Labute approximate surface area is 221 Å². The van der Waals surface area contributed by atoms with Crippen molar-refractivity contribution in [3.05, 3.63) is 0 Å². The number of rotatable bonds is 27. The molecule has 0 aromatic rings. The Morgan fingerprint density at radius 3 is 1.05 bits per heavy atom. The van der Waals surface area contributed by atoms with Crippen molar-refractivity contribution in [1.29, 1.82) is 0 Å². The van der Waals surface area contributed by atoms with E-state index in [-0.39, 0.29) is 116 Å². The summed E-state index contributed by atoms with van der Waals surface area (Å²) in [5, 5.41) is 14.7. The first-order chi connectivity index (χ1) is 18.4. The van der Waals surface area contributed by atoms with Crippen molar-refractivity contribution in [1.82, 2.24) is 31.9 Å². The molecule has 19 heteroatoms. The molecule has 0 aliphatic rings. The number of hydrogen-bond acceptors (Lipinski definition) is 10. The Kier molecular flexibility index (Phi) is 28.8. The van der Waals surface area contributed by atoms with E-state index < -0.39 is 5.54 Å². The second-order valence-corrected chi connectivity index (χ2v) is 7.91. The van der Waals surface area contributed by atoms with Crippen molar-refractivity contribution in [2.75, 3.05) is 78.9 Å². The maximum Gasteiger partial charge on any atom is 0.222 e. The van der Waals surface area contributed by atoms with Gasteiger partial charge in [-0.1, -0.05) is 0 Å². The number of nitrogens with one attached hydrogen (secondary N) is 6. The molecule has 0 radical (unpaired) electrons. The van der Waals surface area contributed by atoms with Crippen molar-refractivity contribution >= 4 is 37.0 Å². The SMILES string of the molecule is NC(COCCC(=O)NCCN[C-]=O)(COCCC(=O)NCCN[C-]=O)COCCC(=O)NCCN[C-]=O.[Fm].[Fm].[Fm]. The van der Waals surface area contributed by atoms with E-state index >= 15 is 0 Å². The summed E-state index contributed by atoms with van der Waals surface area (Å²) in [7, 11) is 0.